The molecule has 0 saturated carbocycles. The van der Waals surface area contributed by atoms with Crippen molar-refractivity contribution in [1.29, 1.82) is 0 Å². The molecule has 15 heteroatoms. The average molecular weight is 438 g/mol. The minimum Gasteiger partial charge on any atom is -0.388 e. The predicted molar refractivity (Wildman–Crippen MR) is 65.6 cm³/mol. The molecule has 0 heterocycles. The Balaban J connectivity index is 2.21. The van der Waals surface area contributed by atoms with Gasteiger partial charge >= 0.3 is 12.3 Å². The average Bonchev–Trinajstić information content (AvgIpc) is 2.68. The quantitative estimate of drug-likeness (QED) is 0.169. The second-order valence-corrected chi connectivity index (χ2v) is 4.60. The molecule has 0 aliphatic heterocycles. The molecule has 0 unspecified atom stereocenters. The first kappa shape index (κ1) is 21.8. The van der Waals surface area contributed by atoms with E-state index in [9.17, 15) is 53.5 Å². The topological polar surface area (TPSA) is 61.8 Å². The number of ether oxygens (including phenoxy) is 3. The van der Waals surface area contributed by atoms with E-state index < -0.39 is 82.0 Å². The Morgan fingerprint density at radius 2 is 0.621 bits per heavy atom. The summed E-state index contributed by atoms with van der Waals surface area (Å²) in [4.78, 5) is 22.3. The molecule has 0 radical (unpaired) electrons. The molecule has 2 aromatic rings. The molecule has 0 N–H and O–H groups in total. The number of halogens is 10. The summed E-state index contributed by atoms with van der Waals surface area (Å²) in [6, 6.07) is 0. The Hall–Kier alpha value is -3.52. The summed E-state index contributed by atoms with van der Waals surface area (Å²) >= 11 is 0. The first-order valence-electron chi connectivity index (χ1n) is 6.52. The van der Waals surface area contributed by atoms with Gasteiger partial charge in [0.1, 0.15) is 0 Å². The van der Waals surface area contributed by atoms with E-state index in [1.54, 1.807) is 0 Å². The van der Waals surface area contributed by atoms with E-state index >= 15 is 0 Å². The summed E-state index contributed by atoms with van der Waals surface area (Å²) in [7, 11) is 0. The van der Waals surface area contributed by atoms with E-state index in [-0.39, 0.29) is 0 Å². The third-order valence-electron chi connectivity index (χ3n) is 2.88. The fraction of sp³-hybridized carbons (Fsp3) is 0. The van der Waals surface area contributed by atoms with Crippen molar-refractivity contribution >= 4 is 12.3 Å². The van der Waals surface area contributed by atoms with Gasteiger partial charge in [0.25, 0.3) is 0 Å². The molecule has 0 spiro atoms. The largest absolute Gasteiger partial charge is 0.524 e. The van der Waals surface area contributed by atoms with Gasteiger partial charge in [-0.25, -0.2) is 35.9 Å². The summed E-state index contributed by atoms with van der Waals surface area (Å²) in [6.07, 6.45) is -5.11. The Kier molecular flexibility index (Phi) is 5.89. The predicted octanol–water partition coefficient (Wildman–Crippen LogP) is 4.79. The van der Waals surface area contributed by atoms with Gasteiger partial charge in [-0.05, 0) is 0 Å². The molecule has 0 saturated heterocycles. The Labute approximate surface area is 151 Å². The minimum atomic E-state index is -2.63. The summed E-state index contributed by atoms with van der Waals surface area (Å²) in [5, 5.41) is 0. The van der Waals surface area contributed by atoms with Crippen molar-refractivity contribution in [2.24, 2.45) is 0 Å². The molecule has 5 nitrogen and oxygen atoms in total. The van der Waals surface area contributed by atoms with Gasteiger partial charge in [-0.1, -0.05) is 0 Å². The van der Waals surface area contributed by atoms with Crippen LogP contribution in [0.15, 0.2) is 0 Å². The van der Waals surface area contributed by atoms with Gasteiger partial charge in [0, 0.05) is 0 Å². The molecule has 2 aromatic carbocycles. The van der Waals surface area contributed by atoms with Crippen LogP contribution in [0.1, 0.15) is 0 Å². The maximum Gasteiger partial charge on any atom is 0.524 e. The third kappa shape index (κ3) is 3.88. The third-order valence-corrected chi connectivity index (χ3v) is 2.88. The maximum atomic E-state index is 13.3. The molecule has 29 heavy (non-hydrogen) atoms. The van der Waals surface area contributed by atoms with Crippen LogP contribution in [-0.4, -0.2) is 12.3 Å². The highest BCUT2D eigenvalue weighted by molar-refractivity contribution is 5.79. The van der Waals surface area contributed by atoms with Crippen molar-refractivity contribution < 1.29 is 67.7 Å². The lowest BCUT2D eigenvalue weighted by atomic mass is 10.2. The van der Waals surface area contributed by atoms with Crippen molar-refractivity contribution in [3.63, 3.8) is 0 Å². The van der Waals surface area contributed by atoms with Crippen molar-refractivity contribution in [1.82, 2.24) is 0 Å². The molecular formula is C14F10O5. The van der Waals surface area contributed by atoms with Crippen LogP contribution in [-0.2, 0) is 4.74 Å². The van der Waals surface area contributed by atoms with Crippen LogP contribution in [0, 0.1) is 58.2 Å². The van der Waals surface area contributed by atoms with E-state index in [1.165, 1.54) is 0 Å². The SMILES string of the molecule is O=C(OC(=O)Oc1c(F)c(F)c(F)c(F)c1F)Oc1c(F)c(F)c(F)c(F)c1F. The smallest absolute Gasteiger partial charge is 0.388 e. The lowest BCUT2D eigenvalue weighted by Gasteiger charge is -2.10. The van der Waals surface area contributed by atoms with Gasteiger partial charge in [-0.2, -0.15) is 17.6 Å². The molecule has 0 atom stereocenters. The van der Waals surface area contributed by atoms with Crippen LogP contribution in [0.3, 0.4) is 0 Å². The number of hydrogen-bond donors (Lipinski definition) is 0. The Morgan fingerprint density at radius 1 is 0.414 bits per heavy atom. The standard InChI is InChI=1S/C14F10O5/c15-1-3(17)7(21)11(8(22)4(1)18)27-13(25)29-14(26)28-12-9(23)5(19)2(16)6(20)10(12)24. The van der Waals surface area contributed by atoms with E-state index in [0.29, 0.717) is 0 Å². The zero-order valence-electron chi connectivity index (χ0n) is 12.8. The number of benzene rings is 2. The highest BCUT2D eigenvalue weighted by Gasteiger charge is 2.32. The molecule has 0 aliphatic carbocycles. The highest BCUT2D eigenvalue weighted by atomic mass is 19.2. The first-order chi connectivity index (χ1) is 13.4. The summed E-state index contributed by atoms with van der Waals surface area (Å²) in [5.41, 5.74) is 0. The van der Waals surface area contributed by atoms with Gasteiger partial charge in [0.15, 0.2) is 0 Å². The Bertz CT molecular complexity index is 899. The maximum absolute atomic E-state index is 13.3. The van der Waals surface area contributed by atoms with Crippen molar-refractivity contribution in [2.75, 3.05) is 0 Å². The van der Waals surface area contributed by atoms with Crippen LogP contribution in [0.2, 0.25) is 0 Å². The van der Waals surface area contributed by atoms with Crippen LogP contribution in [0.25, 0.3) is 0 Å². The minimum absolute atomic E-state index is 2.23. The highest BCUT2D eigenvalue weighted by Crippen LogP contribution is 2.31. The van der Waals surface area contributed by atoms with E-state index in [1.807, 2.05) is 0 Å². The summed E-state index contributed by atoms with van der Waals surface area (Å²) < 4.78 is 141. The molecule has 0 aromatic heterocycles. The van der Waals surface area contributed by atoms with E-state index in [2.05, 4.69) is 14.2 Å². The second kappa shape index (κ2) is 7.84. The number of carbonyl (C=O) groups excluding carboxylic acids is 2. The second-order valence-electron chi connectivity index (χ2n) is 4.60. The van der Waals surface area contributed by atoms with Crippen molar-refractivity contribution in [3.05, 3.63) is 58.2 Å². The zero-order chi connectivity index (χ0) is 22.2. The molecule has 2 rings (SSSR count). The fourth-order valence-electron chi connectivity index (χ4n) is 1.63. The van der Waals surface area contributed by atoms with Gasteiger partial charge in [-0.3, -0.25) is 0 Å². The van der Waals surface area contributed by atoms with Crippen LogP contribution >= 0.6 is 0 Å². The number of hydrogen-bond acceptors (Lipinski definition) is 5. The Morgan fingerprint density at radius 3 is 0.862 bits per heavy atom. The zero-order valence-corrected chi connectivity index (χ0v) is 12.8. The molecule has 0 fully saturated rings. The van der Waals surface area contributed by atoms with Crippen LogP contribution in [0.5, 0.6) is 11.5 Å². The molecule has 156 valence electrons. The molecule has 0 bridgehead atoms. The normalized spacial score (nSPS) is 10.7. The summed E-state index contributed by atoms with van der Waals surface area (Å²) in [6.45, 7) is 0. The number of carbonyl (C=O) groups is 2. The molecule has 0 amide bonds. The van der Waals surface area contributed by atoms with Crippen LogP contribution < -0.4 is 9.47 Å². The van der Waals surface area contributed by atoms with Crippen LogP contribution in [0.4, 0.5) is 53.5 Å². The first-order valence-corrected chi connectivity index (χ1v) is 6.52. The van der Waals surface area contributed by atoms with Gasteiger partial charge < -0.3 is 14.2 Å². The molecule has 0 aliphatic rings. The lowest BCUT2D eigenvalue weighted by Crippen LogP contribution is -2.22. The monoisotopic (exact) mass is 438 g/mol. The molecular weight excluding hydrogens is 438 g/mol. The summed E-state index contributed by atoms with van der Waals surface area (Å²) in [5.74, 6) is -30.5. The van der Waals surface area contributed by atoms with Gasteiger partial charge in [0.2, 0.25) is 69.7 Å². The van der Waals surface area contributed by atoms with Crippen molar-refractivity contribution in [3.8, 4) is 11.5 Å². The fourth-order valence-corrected chi connectivity index (χ4v) is 1.63. The van der Waals surface area contributed by atoms with Crippen molar-refractivity contribution in [2.45, 2.75) is 0 Å². The lowest BCUT2D eigenvalue weighted by molar-refractivity contribution is 0.0844. The van der Waals surface area contributed by atoms with E-state index in [4.69, 9.17) is 0 Å². The van der Waals surface area contributed by atoms with E-state index in [0.717, 1.165) is 0 Å². The van der Waals surface area contributed by atoms with Gasteiger partial charge in [-0.15, -0.1) is 0 Å². The number of rotatable bonds is 2. The van der Waals surface area contributed by atoms with Gasteiger partial charge in [0.05, 0.1) is 0 Å².